The van der Waals surface area contributed by atoms with Crippen molar-refractivity contribution in [3.63, 3.8) is 0 Å². The van der Waals surface area contributed by atoms with Crippen LogP contribution in [0.5, 0.6) is 0 Å². The first-order valence-electron chi connectivity index (χ1n) is 1.92. The molecule has 6 heavy (non-hydrogen) atoms. The third-order valence-electron chi connectivity index (χ3n) is 0.868. The Morgan fingerprint density at radius 2 is 1.67 bits per heavy atom. The minimum absolute atomic E-state index is 0.0833. The zero-order chi connectivity index (χ0) is 4.57. The average molecular weight is 91.1 g/mol. The number of halogens is 2. The summed E-state index contributed by atoms with van der Waals surface area (Å²) in [5.41, 5.74) is 0. The van der Waals surface area contributed by atoms with Gasteiger partial charge in [0.15, 0.2) is 0 Å². The van der Waals surface area contributed by atoms with E-state index in [1.807, 2.05) is 0 Å². The first kappa shape index (κ1) is 4.03. The molecule has 0 aromatic heterocycles. The Labute approximate surface area is 35.2 Å². The number of hydrogen-bond acceptors (Lipinski definition) is 0. The van der Waals surface area contributed by atoms with E-state index < -0.39 is 12.3 Å². The predicted octanol–water partition coefficient (Wildman–Crippen LogP) is 1.27. The highest BCUT2D eigenvalue weighted by molar-refractivity contribution is 4.97. The molecule has 0 heterocycles. The molecule has 0 nitrogen and oxygen atoms in total. The van der Waals surface area contributed by atoms with Gasteiger partial charge in [-0.2, -0.15) is 0 Å². The topological polar surface area (TPSA) is 0 Å². The second kappa shape index (κ2) is 1.17. The van der Waals surface area contributed by atoms with E-state index in [4.69, 9.17) is 0 Å². The summed E-state index contributed by atoms with van der Waals surface area (Å²) in [6.45, 7) is 0. The minimum atomic E-state index is -0.958. The molecule has 2 heteroatoms. The van der Waals surface area contributed by atoms with Crippen LogP contribution < -0.4 is 0 Å². The maximum Gasteiger partial charge on any atom is 0.109 e. The van der Waals surface area contributed by atoms with Gasteiger partial charge in [-0.25, -0.2) is 8.78 Å². The Bertz CT molecular complexity index is 41.5. The normalized spacial score (nSPS) is 45.0. The molecule has 1 aliphatic carbocycles. The largest absolute Gasteiger partial charge is 0.247 e. The lowest BCUT2D eigenvalue weighted by Gasteiger charge is -2.20. The molecule has 0 N–H and O–H groups in total. The Kier molecular flexibility index (Phi) is 0.787. The fraction of sp³-hybridized carbons (Fsp3) is 0.750. The van der Waals surface area contributed by atoms with Gasteiger partial charge >= 0.3 is 0 Å². The molecule has 0 amide bonds. The van der Waals surface area contributed by atoms with Crippen LogP contribution in [-0.2, 0) is 0 Å². The van der Waals surface area contributed by atoms with Crippen LogP contribution in [0.1, 0.15) is 6.42 Å². The van der Waals surface area contributed by atoms with Crippen molar-refractivity contribution >= 4 is 0 Å². The van der Waals surface area contributed by atoms with Crippen molar-refractivity contribution in [3.8, 4) is 0 Å². The average Bonchev–Trinajstić information content (AvgIpc) is 1.33. The third-order valence-corrected chi connectivity index (χ3v) is 0.868. The van der Waals surface area contributed by atoms with Gasteiger partial charge in [0.05, 0.1) is 0 Å². The minimum Gasteiger partial charge on any atom is -0.247 e. The molecule has 35 valence electrons. The Hall–Kier alpha value is -0.140. The smallest absolute Gasteiger partial charge is 0.109 e. The van der Waals surface area contributed by atoms with E-state index in [9.17, 15) is 8.78 Å². The highest BCUT2D eigenvalue weighted by Gasteiger charge is 2.28. The van der Waals surface area contributed by atoms with Crippen molar-refractivity contribution in [3.05, 3.63) is 6.42 Å². The highest BCUT2D eigenvalue weighted by atomic mass is 19.2. The molecule has 0 aliphatic heterocycles. The fourth-order valence-electron chi connectivity index (χ4n) is 0.403. The van der Waals surface area contributed by atoms with E-state index in [1.165, 1.54) is 0 Å². The quantitative estimate of drug-likeness (QED) is 0.421. The van der Waals surface area contributed by atoms with Crippen LogP contribution in [0, 0.1) is 6.42 Å². The molecule has 2 atom stereocenters. The van der Waals surface area contributed by atoms with Crippen molar-refractivity contribution in [2.75, 3.05) is 0 Å². The Morgan fingerprint density at radius 1 is 1.33 bits per heavy atom. The molecular formula is C4H5F2. The SMILES string of the molecule is FC1[CH]C(F)C1. The summed E-state index contributed by atoms with van der Waals surface area (Å²) in [6.07, 6.45) is -0.778. The second-order valence-electron chi connectivity index (χ2n) is 1.46. The van der Waals surface area contributed by atoms with Crippen LogP contribution in [-0.4, -0.2) is 12.3 Å². The van der Waals surface area contributed by atoms with Gasteiger partial charge in [-0.3, -0.25) is 0 Å². The van der Waals surface area contributed by atoms with Gasteiger partial charge in [0.1, 0.15) is 12.3 Å². The third kappa shape index (κ3) is 0.511. The molecule has 1 aliphatic rings. The van der Waals surface area contributed by atoms with E-state index in [0.29, 0.717) is 0 Å². The molecular weight excluding hydrogens is 86.0 g/mol. The number of alkyl halides is 2. The standard InChI is InChI=1S/C4H5F2/c5-3-1-4(6)2-3/h1,3-4H,2H2. The zero-order valence-corrected chi connectivity index (χ0v) is 3.20. The summed E-state index contributed by atoms with van der Waals surface area (Å²) in [6, 6.07) is 0. The van der Waals surface area contributed by atoms with E-state index in [2.05, 4.69) is 0 Å². The van der Waals surface area contributed by atoms with Crippen LogP contribution in [0.3, 0.4) is 0 Å². The van der Waals surface area contributed by atoms with E-state index in [1.54, 1.807) is 0 Å². The first-order chi connectivity index (χ1) is 2.79. The fourth-order valence-corrected chi connectivity index (χ4v) is 0.403. The lowest BCUT2D eigenvalue weighted by Crippen LogP contribution is -2.26. The van der Waals surface area contributed by atoms with Crippen LogP contribution in [0.15, 0.2) is 0 Å². The summed E-state index contributed by atoms with van der Waals surface area (Å²) >= 11 is 0. The van der Waals surface area contributed by atoms with Gasteiger partial charge in [0, 0.05) is 12.8 Å². The van der Waals surface area contributed by atoms with Gasteiger partial charge in [-0.05, 0) is 0 Å². The summed E-state index contributed by atoms with van der Waals surface area (Å²) in [7, 11) is 0. The molecule has 0 bridgehead atoms. The first-order valence-corrected chi connectivity index (χ1v) is 1.92. The van der Waals surface area contributed by atoms with Gasteiger partial charge in [-0.15, -0.1) is 0 Å². The molecule has 1 radical (unpaired) electrons. The highest BCUT2D eigenvalue weighted by Crippen LogP contribution is 2.24. The zero-order valence-electron chi connectivity index (χ0n) is 3.20. The molecule has 0 aromatic carbocycles. The van der Waals surface area contributed by atoms with Crippen molar-refractivity contribution < 1.29 is 8.78 Å². The molecule has 1 saturated carbocycles. The van der Waals surface area contributed by atoms with E-state index >= 15 is 0 Å². The summed E-state index contributed by atoms with van der Waals surface area (Å²) in [5.74, 6) is 0. The van der Waals surface area contributed by atoms with Gasteiger partial charge in [0.2, 0.25) is 0 Å². The molecule has 2 unspecified atom stereocenters. The maximum atomic E-state index is 11.5. The lowest BCUT2D eigenvalue weighted by molar-refractivity contribution is 0.167. The van der Waals surface area contributed by atoms with Crippen LogP contribution >= 0.6 is 0 Å². The monoisotopic (exact) mass is 91.0 g/mol. The van der Waals surface area contributed by atoms with Crippen LogP contribution in [0.25, 0.3) is 0 Å². The summed E-state index contributed by atoms with van der Waals surface area (Å²) in [5, 5.41) is 0. The number of rotatable bonds is 0. The van der Waals surface area contributed by atoms with Gasteiger partial charge in [-0.1, -0.05) is 0 Å². The Balaban J connectivity index is 2.11. The second-order valence-corrected chi connectivity index (χ2v) is 1.46. The number of hydrogen-bond donors (Lipinski definition) is 0. The van der Waals surface area contributed by atoms with Gasteiger partial charge in [0.25, 0.3) is 0 Å². The molecule has 0 aromatic rings. The molecule has 1 fully saturated rings. The van der Waals surface area contributed by atoms with E-state index in [0.717, 1.165) is 6.42 Å². The van der Waals surface area contributed by atoms with Crippen molar-refractivity contribution in [1.82, 2.24) is 0 Å². The molecule has 1 rings (SSSR count). The van der Waals surface area contributed by atoms with Crippen molar-refractivity contribution in [2.45, 2.75) is 18.8 Å². The van der Waals surface area contributed by atoms with E-state index in [-0.39, 0.29) is 6.42 Å². The maximum absolute atomic E-state index is 11.5. The van der Waals surface area contributed by atoms with Gasteiger partial charge < -0.3 is 0 Å². The van der Waals surface area contributed by atoms with Crippen molar-refractivity contribution in [2.24, 2.45) is 0 Å². The summed E-state index contributed by atoms with van der Waals surface area (Å²) < 4.78 is 22.9. The predicted molar refractivity (Wildman–Crippen MR) is 18.7 cm³/mol. The molecule has 0 spiro atoms. The van der Waals surface area contributed by atoms with Crippen molar-refractivity contribution in [1.29, 1.82) is 0 Å². The Morgan fingerprint density at radius 3 is 1.67 bits per heavy atom. The molecule has 0 saturated heterocycles. The summed E-state index contributed by atoms with van der Waals surface area (Å²) in [4.78, 5) is 0. The van der Waals surface area contributed by atoms with Crippen LogP contribution in [0.2, 0.25) is 0 Å². The lowest BCUT2D eigenvalue weighted by atomic mass is 9.96. The van der Waals surface area contributed by atoms with Crippen LogP contribution in [0.4, 0.5) is 8.78 Å².